The molecule has 0 aromatic rings. The molecule has 0 saturated carbocycles. The minimum Gasteiger partial charge on any atom is -0.460 e. The fourth-order valence-electron chi connectivity index (χ4n) is 2.08. The van der Waals surface area contributed by atoms with Crippen LogP contribution in [0.3, 0.4) is 0 Å². The fraction of sp³-hybridized carbons (Fsp3) is 0.917. The second-order valence-electron chi connectivity index (χ2n) is 6.15. The molecule has 0 atom stereocenters. The first kappa shape index (κ1) is 13.7. The van der Waals surface area contributed by atoms with Crippen molar-refractivity contribution in [3.05, 3.63) is 0 Å². The van der Waals surface area contributed by atoms with Gasteiger partial charge in [-0.3, -0.25) is 4.79 Å². The molecule has 1 saturated heterocycles. The molecule has 1 N–H and O–H groups in total. The van der Waals surface area contributed by atoms with Gasteiger partial charge < -0.3 is 10.1 Å². The summed E-state index contributed by atoms with van der Waals surface area (Å²) in [7, 11) is -1.14. The van der Waals surface area contributed by atoms with Crippen LogP contribution in [0.5, 0.6) is 0 Å². The molecule has 1 heterocycles. The summed E-state index contributed by atoms with van der Waals surface area (Å²) in [6.07, 6.45) is 0.611. The van der Waals surface area contributed by atoms with Gasteiger partial charge in [0.2, 0.25) is 0 Å². The number of rotatable bonds is 3. The van der Waals surface area contributed by atoms with Crippen molar-refractivity contribution in [2.75, 3.05) is 13.1 Å². The Morgan fingerprint density at radius 2 is 1.88 bits per heavy atom. The smallest absolute Gasteiger partial charge is 0.306 e. The van der Waals surface area contributed by atoms with Crippen LogP contribution in [0.2, 0.25) is 24.7 Å². The van der Waals surface area contributed by atoms with Crippen LogP contribution in [0, 0.1) is 0 Å². The molecule has 1 rings (SSSR count). The van der Waals surface area contributed by atoms with E-state index in [0.717, 1.165) is 19.1 Å². The molecule has 0 aromatic heterocycles. The van der Waals surface area contributed by atoms with Crippen LogP contribution in [0.4, 0.5) is 0 Å². The standard InChI is InChI=1S/C12H25NO2Si/c1-12(2,3)15-11(14)5-8-16(4)9-6-13-7-10-16/h13H,5-10H2,1-4H3. The van der Waals surface area contributed by atoms with Crippen molar-refractivity contribution in [1.29, 1.82) is 0 Å². The SMILES string of the molecule is CC(C)(C)OC(=O)CC[Si]1(C)CCNCC1. The molecule has 3 nitrogen and oxygen atoms in total. The Morgan fingerprint density at radius 3 is 2.38 bits per heavy atom. The largest absolute Gasteiger partial charge is 0.460 e. The van der Waals surface area contributed by atoms with E-state index in [4.69, 9.17) is 4.74 Å². The first-order valence-corrected chi connectivity index (χ1v) is 9.36. The van der Waals surface area contributed by atoms with E-state index in [1.165, 1.54) is 12.1 Å². The van der Waals surface area contributed by atoms with Gasteiger partial charge in [-0.15, -0.1) is 0 Å². The Kier molecular flexibility index (Phi) is 4.56. The summed E-state index contributed by atoms with van der Waals surface area (Å²) < 4.78 is 5.34. The van der Waals surface area contributed by atoms with E-state index < -0.39 is 8.07 Å². The lowest BCUT2D eigenvalue weighted by Gasteiger charge is -2.32. The van der Waals surface area contributed by atoms with Crippen LogP contribution in [0.25, 0.3) is 0 Å². The van der Waals surface area contributed by atoms with Gasteiger partial charge in [-0.25, -0.2) is 0 Å². The van der Waals surface area contributed by atoms with Crippen molar-refractivity contribution in [2.45, 2.75) is 57.5 Å². The van der Waals surface area contributed by atoms with Gasteiger partial charge in [-0.2, -0.15) is 0 Å². The number of ether oxygens (including phenoxy) is 1. The maximum absolute atomic E-state index is 11.6. The van der Waals surface area contributed by atoms with Gasteiger partial charge in [0.1, 0.15) is 5.60 Å². The lowest BCUT2D eigenvalue weighted by atomic mass is 10.2. The molecule has 0 aromatic carbocycles. The van der Waals surface area contributed by atoms with Gasteiger partial charge in [0.25, 0.3) is 0 Å². The quantitative estimate of drug-likeness (QED) is 0.611. The van der Waals surface area contributed by atoms with Crippen molar-refractivity contribution in [3.63, 3.8) is 0 Å². The molecule has 0 unspecified atom stereocenters. The number of carbonyl (C=O) groups is 1. The lowest BCUT2D eigenvalue weighted by molar-refractivity contribution is -0.154. The predicted molar refractivity (Wildman–Crippen MR) is 69.4 cm³/mol. The molecule has 94 valence electrons. The van der Waals surface area contributed by atoms with Gasteiger partial charge in [0.15, 0.2) is 0 Å². The van der Waals surface area contributed by atoms with E-state index in [-0.39, 0.29) is 11.6 Å². The van der Waals surface area contributed by atoms with Crippen molar-refractivity contribution >= 4 is 14.0 Å². The molecule has 1 aliphatic heterocycles. The molecule has 0 spiro atoms. The van der Waals surface area contributed by atoms with E-state index in [9.17, 15) is 4.79 Å². The summed E-state index contributed by atoms with van der Waals surface area (Å²) in [6.45, 7) is 10.5. The second-order valence-corrected chi connectivity index (χ2v) is 11.3. The van der Waals surface area contributed by atoms with Gasteiger partial charge in [0.05, 0.1) is 8.07 Å². The highest BCUT2D eigenvalue weighted by Crippen LogP contribution is 2.25. The van der Waals surface area contributed by atoms with Crippen LogP contribution >= 0.6 is 0 Å². The van der Waals surface area contributed by atoms with Crippen LogP contribution in [0.15, 0.2) is 0 Å². The maximum Gasteiger partial charge on any atom is 0.306 e. The zero-order valence-corrected chi connectivity index (χ0v) is 12.1. The van der Waals surface area contributed by atoms with E-state index in [2.05, 4.69) is 11.9 Å². The van der Waals surface area contributed by atoms with Crippen LogP contribution in [-0.2, 0) is 9.53 Å². The van der Waals surface area contributed by atoms with Crippen molar-refractivity contribution in [3.8, 4) is 0 Å². The van der Waals surface area contributed by atoms with Crippen molar-refractivity contribution in [2.24, 2.45) is 0 Å². The Labute approximate surface area is 100.0 Å². The van der Waals surface area contributed by atoms with E-state index >= 15 is 0 Å². The first-order valence-electron chi connectivity index (χ1n) is 6.23. The summed E-state index contributed by atoms with van der Waals surface area (Å²) in [4.78, 5) is 11.6. The molecular weight excluding hydrogens is 218 g/mol. The highest BCUT2D eigenvalue weighted by atomic mass is 28.3. The molecule has 0 amide bonds. The zero-order valence-electron chi connectivity index (χ0n) is 11.1. The topological polar surface area (TPSA) is 38.3 Å². The van der Waals surface area contributed by atoms with E-state index in [1.807, 2.05) is 20.8 Å². The van der Waals surface area contributed by atoms with Gasteiger partial charge >= 0.3 is 5.97 Å². The monoisotopic (exact) mass is 243 g/mol. The maximum atomic E-state index is 11.6. The molecule has 1 aliphatic rings. The third-order valence-corrected chi connectivity index (χ3v) is 7.53. The van der Waals surface area contributed by atoms with Gasteiger partial charge in [-0.05, 0) is 52.0 Å². The third kappa shape index (κ3) is 5.12. The zero-order chi connectivity index (χ0) is 12.2. The predicted octanol–water partition coefficient (Wildman–Crippen LogP) is 2.40. The average Bonchev–Trinajstić information content (AvgIpc) is 2.14. The summed E-state index contributed by atoms with van der Waals surface area (Å²) >= 11 is 0. The summed E-state index contributed by atoms with van der Waals surface area (Å²) in [5.74, 6) is -0.0280. The number of nitrogens with one attached hydrogen (secondary N) is 1. The Hall–Kier alpha value is -0.353. The van der Waals surface area contributed by atoms with E-state index in [1.54, 1.807) is 0 Å². The summed E-state index contributed by atoms with van der Waals surface area (Å²) in [5.41, 5.74) is -0.340. The molecule has 4 heteroatoms. The number of esters is 1. The number of hydrogen-bond acceptors (Lipinski definition) is 3. The summed E-state index contributed by atoms with van der Waals surface area (Å²) in [6, 6.07) is 3.69. The first-order chi connectivity index (χ1) is 7.31. The van der Waals surface area contributed by atoms with Gasteiger partial charge in [-0.1, -0.05) is 6.55 Å². The van der Waals surface area contributed by atoms with Crippen LogP contribution in [-0.4, -0.2) is 32.7 Å². The van der Waals surface area contributed by atoms with Crippen molar-refractivity contribution < 1.29 is 9.53 Å². The van der Waals surface area contributed by atoms with Crippen LogP contribution < -0.4 is 5.32 Å². The number of carbonyl (C=O) groups excluding carboxylic acids is 1. The lowest BCUT2D eigenvalue weighted by Crippen LogP contribution is -2.42. The molecule has 16 heavy (non-hydrogen) atoms. The second kappa shape index (κ2) is 5.32. The summed E-state index contributed by atoms with van der Waals surface area (Å²) in [5, 5.41) is 3.38. The minimum atomic E-state index is -1.14. The average molecular weight is 243 g/mol. The Balaban J connectivity index is 2.30. The highest BCUT2D eigenvalue weighted by Gasteiger charge is 2.30. The molecule has 1 fully saturated rings. The normalized spacial score (nSPS) is 20.5. The van der Waals surface area contributed by atoms with E-state index in [0.29, 0.717) is 6.42 Å². The van der Waals surface area contributed by atoms with Gasteiger partial charge in [0, 0.05) is 6.42 Å². The Bertz CT molecular complexity index is 242. The third-order valence-electron chi connectivity index (χ3n) is 3.16. The highest BCUT2D eigenvalue weighted by molar-refractivity contribution is 6.79. The van der Waals surface area contributed by atoms with Crippen LogP contribution in [0.1, 0.15) is 27.2 Å². The fourth-order valence-corrected chi connectivity index (χ4v) is 5.20. The molecule has 0 aliphatic carbocycles. The van der Waals surface area contributed by atoms with Crippen molar-refractivity contribution in [1.82, 2.24) is 5.32 Å². The molecular formula is C12H25NO2Si. The minimum absolute atomic E-state index is 0.0280. The molecule has 0 bridgehead atoms. The number of hydrogen-bond donors (Lipinski definition) is 1. The molecule has 0 radical (unpaired) electrons. The Morgan fingerprint density at radius 1 is 1.31 bits per heavy atom.